The molecule has 0 radical (unpaired) electrons. The van der Waals surface area contributed by atoms with Gasteiger partial charge in [-0.05, 0) is 17.2 Å². The lowest BCUT2D eigenvalue weighted by Gasteiger charge is -2.11. The van der Waals surface area contributed by atoms with E-state index in [1.54, 1.807) is 7.11 Å². The molecule has 0 aliphatic heterocycles. The number of rotatable bonds is 3. The summed E-state index contributed by atoms with van der Waals surface area (Å²) in [7, 11) is 1.65. The highest BCUT2D eigenvalue weighted by Gasteiger charge is 2.07. The number of hydrogen-bond acceptors (Lipinski definition) is 2. The van der Waals surface area contributed by atoms with Crippen LogP contribution < -0.4 is 4.74 Å². The van der Waals surface area contributed by atoms with E-state index in [0.717, 1.165) is 22.4 Å². The van der Waals surface area contributed by atoms with Gasteiger partial charge in [0.2, 0.25) is 0 Å². The van der Waals surface area contributed by atoms with Gasteiger partial charge in [0.05, 0.1) is 13.7 Å². The molecule has 2 rings (SSSR count). The summed E-state index contributed by atoms with van der Waals surface area (Å²) < 4.78 is 5.32. The first-order valence-corrected chi connectivity index (χ1v) is 5.19. The summed E-state index contributed by atoms with van der Waals surface area (Å²) in [5.74, 6) is 0.823. The summed E-state index contributed by atoms with van der Waals surface area (Å²) in [5, 5.41) is 9.30. The summed E-state index contributed by atoms with van der Waals surface area (Å²) in [6.45, 7) is 0.0359. The Kier molecular flexibility index (Phi) is 3.22. The van der Waals surface area contributed by atoms with Gasteiger partial charge in [0.25, 0.3) is 0 Å². The van der Waals surface area contributed by atoms with E-state index in [0.29, 0.717) is 0 Å². The monoisotopic (exact) mass is 214 g/mol. The molecule has 2 heteroatoms. The second-order valence-corrected chi connectivity index (χ2v) is 3.52. The fraction of sp³-hybridized carbons (Fsp3) is 0.143. The highest BCUT2D eigenvalue weighted by Crippen LogP contribution is 2.31. The first-order chi connectivity index (χ1) is 7.86. The molecule has 16 heavy (non-hydrogen) atoms. The maximum absolute atomic E-state index is 9.30. The molecule has 0 amide bonds. The average molecular weight is 214 g/mol. The van der Waals surface area contributed by atoms with Gasteiger partial charge in [-0.3, -0.25) is 0 Å². The van der Waals surface area contributed by atoms with Crippen LogP contribution in [0.1, 0.15) is 5.56 Å². The third-order valence-electron chi connectivity index (χ3n) is 2.58. The van der Waals surface area contributed by atoms with E-state index < -0.39 is 0 Å². The van der Waals surface area contributed by atoms with Gasteiger partial charge in [-0.25, -0.2) is 0 Å². The molecule has 0 bridgehead atoms. The van der Waals surface area contributed by atoms with Crippen LogP contribution in [0.15, 0.2) is 48.5 Å². The first kappa shape index (κ1) is 10.7. The molecule has 2 nitrogen and oxygen atoms in total. The molecule has 0 atom stereocenters. The van der Waals surface area contributed by atoms with E-state index in [1.807, 2.05) is 48.5 Å². The molecule has 1 N–H and O–H groups in total. The van der Waals surface area contributed by atoms with Crippen LogP contribution >= 0.6 is 0 Å². The predicted molar refractivity (Wildman–Crippen MR) is 64.4 cm³/mol. The summed E-state index contributed by atoms with van der Waals surface area (Å²) in [4.78, 5) is 0. The van der Waals surface area contributed by atoms with Crippen molar-refractivity contribution < 1.29 is 9.84 Å². The Balaban J connectivity index is 2.58. The van der Waals surface area contributed by atoms with E-state index in [2.05, 4.69) is 0 Å². The fourth-order valence-corrected chi connectivity index (χ4v) is 1.79. The van der Waals surface area contributed by atoms with Crippen LogP contribution in [-0.4, -0.2) is 12.2 Å². The van der Waals surface area contributed by atoms with E-state index in [1.165, 1.54) is 0 Å². The normalized spacial score (nSPS) is 10.1. The molecular weight excluding hydrogens is 200 g/mol. The number of aliphatic hydroxyl groups is 1. The maximum atomic E-state index is 9.30. The molecule has 0 fully saturated rings. The summed E-state index contributed by atoms with van der Waals surface area (Å²) in [6.07, 6.45) is 0. The smallest absolute Gasteiger partial charge is 0.126 e. The van der Waals surface area contributed by atoms with Gasteiger partial charge in [0.15, 0.2) is 0 Å². The molecule has 0 unspecified atom stereocenters. The van der Waals surface area contributed by atoms with Crippen LogP contribution in [0.5, 0.6) is 5.75 Å². The minimum Gasteiger partial charge on any atom is -0.496 e. The lowest BCUT2D eigenvalue weighted by atomic mass is 9.99. The number of methoxy groups -OCH3 is 1. The molecule has 0 heterocycles. The Morgan fingerprint density at radius 3 is 2.25 bits per heavy atom. The van der Waals surface area contributed by atoms with E-state index in [-0.39, 0.29) is 6.61 Å². The van der Waals surface area contributed by atoms with Crippen molar-refractivity contribution in [1.82, 2.24) is 0 Å². The Morgan fingerprint density at radius 1 is 0.938 bits per heavy atom. The highest BCUT2D eigenvalue weighted by molar-refractivity contribution is 5.73. The van der Waals surface area contributed by atoms with Crippen molar-refractivity contribution in [2.45, 2.75) is 6.61 Å². The van der Waals surface area contributed by atoms with Crippen molar-refractivity contribution in [2.24, 2.45) is 0 Å². The van der Waals surface area contributed by atoms with Crippen LogP contribution in [0, 0.1) is 0 Å². The molecule has 2 aromatic carbocycles. The average Bonchev–Trinajstić information content (AvgIpc) is 2.38. The van der Waals surface area contributed by atoms with Crippen molar-refractivity contribution in [2.75, 3.05) is 7.11 Å². The van der Waals surface area contributed by atoms with Gasteiger partial charge in [-0.2, -0.15) is 0 Å². The Hall–Kier alpha value is -1.80. The van der Waals surface area contributed by atoms with E-state index in [4.69, 9.17) is 4.74 Å². The van der Waals surface area contributed by atoms with Gasteiger partial charge in [-0.15, -0.1) is 0 Å². The van der Waals surface area contributed by atoms with Gasteiger partial charge >= 0.3 is 0 Å². The first-order valence-electron chi connectivity index (χ1n) is 5.19. The van der Waals surface area contributed by atoms with Crippen LogP contribution in [0.2, 0.25) is 0 Å². The minimum absolute atomic E-state index is 0.0359. The number of ether oxygens (including phenoxy) is 1. The topological polar surface area (TPSA) is 29.5 Å². The Bertz CT molecular complexity index is 432. The fourth-order valence-electron chi connectivity index (χ4n) is 1.79. The van der Waals surface area contributed by atoms with Gasteiger partial charge in [-0.1, -0.05) is 42.5 Å². The molecular formula is C14H14O2. The van der Waals surface area contributed by atoms with Crippen molar-refractivity contribution >= 4 is 0 Å². The van der Waals surface area contributed by atoms with Gasteiger partial charge in [0.1, 0.15) is 5.75 Å². The number of hydrogen-bond donors (Lipinski definition) is 1. The van der Waals surface area contributed by atoms with Crippen molar-refractivity contribution in [3.63, 3.8) is 0 Å². The summed E-state index contributed by atoms with van der Waals surface area (Å²) in [6, 6.07) is 15.6. The second kappa shape index (κ2) is 4.81. The lowest BCUT2D eigenvalue weighted by molar-refractivity contribution is 0.282. The molecule has 2 aromatic rings. The summed E-state index contributed by atoms with van der Waals surface area (Å²) >= 11 is 0. The molecule has 0 spiro atoms. The Labute approximate surface area is 95.1 Å². The van der Waals surface area contributed by atoms with Crippen molar-refractivity contribution in [3.05, 3.63) is 54.1 Å². The molecule has 0 aromatic heterocycles. The second-order valence-electron chi connectivity index (χ2n) is 3.52. The largest absolute Gasteiger partial charge is 0.496 e. The number of aliphatic hydroxyl groups excluding tert-OH is 1. The van der Waals surface area contributed by atoms with E-state index in [9.17, 15) is 5.11 Å². The van der Waals surface area contributed by atoms with Crippen LogP contribution in [-0.2, 0) is 6.61 Å². The van der Waals surface area contributed by atoms with Crippen LogP contribution in [0.25, 0.3) is 11.1 Å². The van der Waals surface area contributed by atoms with Gasteiger partial charge in [0, 0.05) is 5.56 Å². The molecule has 0 aliphatic rings. The lowest BCUT2D eigenvalue weighted by Crippen LogP contribution is -1.92. The van der Waals surface area contributed by atoms with Crippen LogP contribution in [0.4, 0.5) is 0 Å². The van der Waals surface area contributed by atoms with Crippen molar-refractivity contribution in [1.29, 1.82) is 0 Å². The summed E-state index contributed by atoms with van der Waals surface area (Å²) in [5.41, 5.74) is 2.93. The maximum Gasteiger partial charge on any atom is 0.126 e. The zero-order valence-electron chi connectivity index (χ0n) is 9.18. The number of para-hydroxylation sites is 1. The highest BCUT2D eigenvalue weighted by atomic mass is 16.5. The minimum atomic E-state index is 0.0359. The standard InChI is InChI=1S/C14H14O2/c1-16-14-9-5-4-8-13(14)12-7-3-2-6-11(12)10-15/h2-9,15H,10H2,1H3. The molecule has 0 aliphatic carbocycles. The quantitative estimate of drug-likeness (QED) is 0.851. The van der Waals surface area contributed by atoms with E-state index >= 15 is 0 Å². The SMILES string of the molecule is COc1ccccc1-c1ccccc1CO. The molecule has 0 saturated heterocycles. The number of benzene rings is 2. The third kappa shape index (κ3) is 1.92. The molecule has 0 saturated carbocycles. The van der Waals surface area contributed by atoms with Crippen molar-refractivity contribution in [3.8, 4) is 16.9 Å². The third-order valence-corrected chi connectivity index (χ3v) is 2.58. The zero-order chi connectivity index (χ0) is 11.4. The van der Waals surface area contributed by atoms with Gasteiger partial charge < -0.3 is 9.84 Å². The Morgan fingerprint density at radius 2 is 1.56 bits per heavy atom. The predicted octanol–water partition coefficient (Wildman–Crippen LogP) is 2.85. The van der Waals surface area contributed by atoms with Crippen LogP contribution in [0.3, 0.4) is 0 Å². The molecule has 82 valence electrons. The zero-order valence-corrected chi connectivity index (χ0v) is 9.18.